The molecule has 1 aromatic heterocycles. The predicted octanol–water partition coefficient (Wildman–Crippen LogP) is 3.65. The molecular formula is C16H19BrN2O2. The van der Waals surface area contributed by atoms with Crippen LogP contribution >= 0.6 is 15.9 Å². The van der Waals surface area contributed by atoms with Crippen molar-refractivity contribution >= 4 is 21.8 Å². The molecule has 0 aliphatic carbocycles. The van der Waals surface area contributed by atoms with E-state index in [1.807, 2.05) is 45.2 Å². The van der Waals surface area contributed by atoms with E-state index in [1.165, 1.54) is 0 Å². The molecule has 0 saturated carbocycles. The van der Waals surface area contributed by atoms with Gasteiger partial charge in [0.2, 0.25) is 5.91 Å². The molecule has 1 heterocycles. The lowest BCUT2D eigenvalue weighted by Gasteiger charge is -2.17. The molecule has 112 valence electrons. The molecule has 5 heteroatoms. The monoisotopic (exact) mass is 350 g/mol. The minimum absolute atomic E-state index is 0.116. The SMILES string of the molecule is Cc1noc(C)c1CN(C)C(=O)CCc1ccccc1Br. The van der Waals surface area contributed by atoms with Gasteiger partial charge in [0.05, 0.1) is 12.2 Å². The van der Waals surface area contributed by atoms with Gasteiger partial charge in [-0.15, -0.1) is 0 Å². The zero-order valence-electron chi connectivity index (χ0n) is 12.5. The minimum atomic E-state index is 0.116. The van der Waals surface area contributed by atoms with Crippen molar-refractivity contribution in [3.8, 4) is 0 Å². The summed E-state index contributed by atoms with van der Waals surface area (Å²) in [6.45, 7) is 4.30. The molecule has 2 aromatic rings. The van der Waals surface area contributed by atoms with Crippen LogP contribution in [0.5, 0.6) is 0 Å². The Bertz CT molecular complexity index is 617. The van der Waals surface area contributed by atoms with Crippen LogP contribution in [-0.4, -0.2) is 23.0 Å². The zero-order valence-corrected chi connectivity index (χ0v) is 14.1. The van der Waals surface area contributed by atoms with Crippen molar-refractivity contribution in [3.63, 3.8) is 0 Å². The molecule has 0 aliphatic heterocycles. The van der Waals surface area contributed by atoms with Gasteiger partial charge in [-0.05, 0) is 31.9 Å². The van der Waals surface area contributed by atoms with Crippen molar-refractivity contribution in [2.24, 2.45) is 0 Å². The molecule has 0 atom stereocenters. The summed E-state index contributed by atoms with van der Waals surface area (Å²) in [6, 6.07) is 7.98. The summed E-state index contributed by atoms with van der Waals surface area (Å²) in [4.78, 5) is 14.0. The number of amides is 1. The Morgan fingerprint density at radius 1 is 1.33 bits per heavy atom. The fraction of sp³-hybridized carbons (Fsp3) is 0.375. The summed E-state index contributed by atoms with van der Waals surface area (Å²) >= 11 is 3.51. The second kappa shape index (κ2) is 6.89. The van der Waals surface area contributed by atoms with E-state index in [0.717, 1.165) is 33.5 Å². The number of carbonyl (C=O) groups excluding carboxylic acids is 1. The van der Waals surface area contributed by atoms with E-state index in [4.69, 9.17) is 4.52 Å². The number of benzene rings is 1. The van der Waals surface area contributed by atoms with Gasteiger partial charge in [-0.2, -0.15) is 0 Å². The van der Waals surface area contributed by atoms with E-state index in [2.05, 4.69) is 21.1 Å². The van der Waals surface area contributed by atoms with Crippen LogP contribution in [0.2, 0.25) is 0 Å². The molecule has 2 rings (SSSR count). The largest absolute Gasteiger partial charge is 0.361 e. The molecule has 0 radical (unpaired) electrons. The van der Waals surface area contributed by atoms with E-state index in [9.17, 15) is 4.79 Å². The maximum atomic E-state index is 12.2. The second-order valence-corrected chi connectivity index (χ2v) is 6.00. The zero-order chi connectivity index (χ0) is 15.4. The highest BCUT2D eigenvalue weighted by Gasteiger charge is 2.15. The maximum Gasteiger partial charge on any atom is 0.222 e. The van der Waals surface area contributed by atoms with Crippen LogP contribution in [0, 0.1) is 13.8 Å². The van der Waals surface area contributed by atoms with Crippen molar-refractivity contribution in [1.29, 1.82) is 0 Å². The first-order chi connectivity index (χ1) is 9.99. The molecule has 0 fully saturated rings. The number of carbonyl (C=O) groups is 1. The Hall–Kier alpha value is -1.62. The summed E-state index contributed by atoms with van der Waals surface area (Å²) in [5.41, 5.74) is 2.99. The number of hydrogen-bond donors (Lipinski definition) is 0. The highest BCUT2D eigenvalue weighted by molar-refractivity contribution is 9.10. The Morgan fingerprint density at radius 2 is 2.05 bits per heavy atom. The molecule has 1 amide bonds. The molecule has 0 N–H and O–H groups in total. The first-order valence-corrected chi connectivity index (χ1v) is 7.67. The second-order valence-electron chi connectivity index (χ2n) is 5.14. The predicted molar refractivity (Wildman–Crippen MR) is 84.9 cm³/mol. The smallest absolute Gasteiger partial charge is 0.222 e. The molecule has 0 unspecified atom stereocenters. The summed E-state index contributed by atoms with van der Waals surface area (Å²) in [7, 11) is 1.81. The number of hydrogen-bond acceptors (Lipinski definition) is 3. The van der Waals surface area contributed by atoms with Crippen molar-refractivity contribution in [2.75, 3.05) is 7.05 Å². The molecule has 1 aromatic carbocycles. The molecule has 0 spiro atoms. The van der Waals surface area contributed by atoms with Gasteiger partial charge in [-0.3, -0.25) is 4.79 Å². The van der Waals surface area contributed by atoms with Crippen LogP contribution in [0.15, 0.2) is 33.3 Å². The molecule has 21 heavy (non-hydrogen) atoms. The van der Waals surface area contributed by atoms with Gasteiger partial charge in [0.25, 0.3) is 0 Å². The van der Waals surface area contributed by atoms with Crippen molar-refractivity contribution in [1.82, 2.24) is 10.1 Å². The normalized spacial score (nSPS) is 10.7. The van der Waals surface area contributed by atoms with E-state index < -0.39 is 0 Å². The lowest BCUT2D eigenvalue weighted by molar-refractivity contribution is -0.130. The summed E-state index contributed by atoms with van der Waals surface area (Å²) < 4.78 is 6.17. The molecule has 0 aliphatic rings. The fourth-order valence-corrected chi connectivity index (χ4v) is 2.67. The van der Waals surface area contributed by atoms with Gasteiger partial charge in [0.1, 0.15) is 5.76 Å². The van der Waals surface area contributed by atoms with E-state index in [-0.39, 0.29) is 5.91 Å². The molecule has 4 nitrogen and oxygen atoms in total. The van der Waals surface area contributed by atoms with Crippen LogP contribution in [0.1, 0.15) is 29.0 Å². The third-order valence-corrected chi connectivity index (χ3v) is 4.34. The van der Waals surface area contributed by atoms with Gasteiger partial charge < -0.3 is 9.42 Å². The summed E-state index contributed by atoms with van der Waals surface area (Å²) in [5, 5.41) is 3.91. The van der Waals surface area contributed by atoms with E-state index >= 15 is 0 Å². The Kier molecular flexibility index (Phi) is 5.17. The number of nitrogens with zero attached hydrogens (tertiary/aromatic N) is 2. The van der Waals surface area contributed by atoms with Gasteiger partial charge in [0, 0.05) is 23.5 Å². The quantitative estimate of drug-likeness (QED) is 0.826. The maximum absolute atomic E-state index is 12.2. The first kappa shape index (κ1) is 15.8. The summed E-state index contributed by atoms with van der Waals surface area (Å²) in [5.74, 6) is 0.892. The van der Waals surface area contributed by atoms with Gasteiger partial charge in [-0.25, -0.2) is 0 Å². The molecule has 0 saturated heterocycles. The lowest BCUT2D eigenvalue weighted by Crippen LogP contribution is -2.26. The number of halogens is 1. The first-order valence-electron chi connectivity index (χ1n) is 6.88. The lowest BCUT2D eigenvalue weighted by atomic mass is 10.1. The number of aryl methyl sites for hydroxylation is 3. The average molecular weight is 351 g/mol. The van der Waals surface area contributed by atoms with Crippen molar-refractivity contribution < 1.29 is 9.32 Å². The molecular weight excluding hydrogens is 332 g/mol. The third kappa shape index (κ3) is 3.94. The minimum Gasteiger partial charge on any atom is -0.361 e. The highest BCUT2D eigenvalue weighted by atomic mass is 79.9. The van der Waals surface area contributed by atoms with Gasteiger partial charge >= 0.3 is 0 Å². The van der Waals surface area contributed by atoms with Gasteiger partial charge in [0.15, 0.2) is 0 Å². The third-order valence-electron chi connectivity index (χ3n) is 3.57. The molecule has 0 bridgehead atoms. The number of aromatic nitrogens is 1. The topological polar surface area (TPSA) is 46.3 Å². The van der Waals surface area contributed by atoms with Gasteiger partial charge in [-0.1, -0.05) is 39.3 Å². The Morgan fingerprint density at radius 3 is 2.67 bits per heavy atom. The fourth-order valence-electron chi connectivity index (χ4n) is 2.19. The van der Waals surface area contributed by atoms with Crippen LogP contribution in [-0.2, 0) is 17.8 Å². The number of rotatable bonds is 5. The summed E-state index contributed by atoms with van der Waals surface area (Å²) in [6.07, 6.45) is 1.22. The Balaban J connectivity index is 1.93. The van der Waals surface area contributed by atoms with E-state index in [0.29, 0.717) is 13.0 Å². The van der Waals surface area contributed by atoms with Crippen LogP contribution in [0.3, 0.4) is 0 Å². The van der Waals surface area contributed by atoms with Crippen molar-refractivity contribution in [2.45, 2.75) is 33.2 Å². The highest BCUT2D eigenvalue weighted by Crippen LogP contribution is 2.19. The van der Waals surface area contributed by atoms with E-state index in [1.54, 1.807) is 4.90 Å². The standard InChI is InChI=1S/C16H19BrN2O2/c1-11-14(12(2)21-18-11)10-19(3)16(20)9-8-13-6-4-5-7-15(13)17/h4-7H,8-10H2,1-3H3. The van der Waals surface area contributed by atoms with Crippen molar-refractivity contribution in [3.05, 3.63) is 51.3 Å². The Labute approximate surface area is 133 Å². The average Bonchev–Trinajstić information content (AvgIpc) is 2.78. The van der Waals surface area contributed by atoms with Crippen LogP contribution < -0.4 is 0 Å². The van der Waals surface area contributed by atoms with Crippen LogP contribution in [0.4, 0.5) is 0 Å². The van der Waals surface area contributed by atoms with Crippen LogP contribution in [0.25, 0.3) is 0 Å².